The van der Waals surface area contributed by atoms with E-state index in [1.54, 1.807) is 6.92 Å². The van der Waals surface area contributed by atoms with Crippen LogP contribution in [-0.4, -0.2) is 42.5 Å². The second kappa shape index (κ2) is 5.45. The predicted molar refractivity (Wildman–Crippen MR) is 51.9 cm³/mol. The first-order valence-corrected chi connectivity index (χ1v) is 5.20. The first kappa shape index (κ1) is 10.8. The summed E-state index contributed by atoms with van der Waals surface area (Å²) in [6, 6.07) is 0. The molecule has 0 aromatic carbocycles. The topological polar surface area (TPSA) is 29.5 Å². The van der Waals surface area contributed by atoms with Crippen LogP contribution in [0.3, 0.4) is 0 Å². The molecule has 1 heterocycles. The summed E-state index contributed by atoms with van der Waals surface area (Å²) in [5.41, 5.74) is 0. The molecule has 13 heavy (non-hydrogen) atoms. The Morgan fingerprint density at radius 2 is 2.15 bits per heavy atom. The van der Waals surface area contributed by atoms with Crippen molar-refractivity contribution < 1.29 is 9.53 Å². The number of carbonyl (C=O) groups is 1. The van der Waals surface area contributed by atoms with Crippen LogP contribution < -0.4 is 0 Å². The smallest absolute Gasteiger partial charge is 0.219 e. The van der Waals surface area contributed by atoms with Crippen LogP contribution in [0.2, 0.25) is 0 Å². The molecule has 1 aliphatic heterocycles. The zero-order valence-electron chi connectivity index (χ0n) is 7.96. The van der Waals surface area contributed by atoms with E-state index in [4.69, 9.17) is 16.3 Å². The molecule has 1 saturated heterocycles. The number of nitrogens with zero attached hydrogens (tertiary/aromatic N) is 1. The van der Waals surface area contributed by atoms with Gasteiger partial charge in [-0.3, -0.25) is 4.79 Å². The van der Waals surface area contributed by atoms with Gasteiger partial charge in [0.2, 0.25) is 5.91 Å². The van der Waals surface area contributed by atoms with E-state index >= 15 is 0 Å². The summed E-state index contributed by atoms with van der Waals surface area (Å²) < 4.78 is 5.49. The standard InChI is InChI=1S/C9H16ClNO2/c1-8(12)11-5-2-9(3-6-11)13-7-4-10/h9H,2-7H2,1H3. The number of alkyl halides is 1. The molecule has 0 bridgehead atoms. The van der Waals surface area contributed by atoms with E-state index in [1.807, 2.05) is 4.90 Å². The third-order valence-electron chi connectivity index (χ3n) is 2.32. The molecule has 0 unspecified atom stereocenters. The molecule has 0 spiro atoms. The van der Waals surface area contributed by atoms with Crippen molar-refractivity contribution in [1.29, 1.82) is 0 Å². The maximum Gasteiger partial charge on any atom is 0.219 e. The van der Waals surface area contributed by atoms with Crippen molar-refractivity contribution in [3.05, 3.63) is 0 Å². The molecule has 0 atom stereocenters. The fraction of sp³-hybridized carbons (Fsp3) is 0.889. The first-order chi connectivity index (χ1) is 6.24. The summed E-state index contributed by atoms with van der Waals surface area (Å²) in [6.07, 6.45) is 2.18. The van der Waals surface area contributed by atoms with Crippen molar-refractivity contribution in [2.24, 2.45) is 0 Å². The molecule has 0 aromatic rings. The van der Waals surface area contributed by atoms with Crippen LogP contribution in [0.25, 0.3) is 0 Å². The van der Waals surface area contributed by atoms with Gasteiger partial charge in [-0.25, -0.2) is 0 Å². The zero-order chi connectivity index (χ0) is 9.68. The Morgan fingerprint density at radius 1 is 1.54 bits per heavy atom. The average Bonchev–Trinajstić information content (AvgIpc) is 2.15. The normalized spacial score (nSPS) is 19.1. The number of rotatable bonds is 3. The fourth-order valence-corrected chi connectivity index (χ4v) is 1.64. The largest absolute Gasteiger partial charge is 0.377 e. The molecule has 0 radical (unpaired) electrons. The lowest BCUT2D eigenvalue weighted by Crippen LogP contribution is -2.39. The summed E-state index contributed by atoms with van der Waals surface area (Å²) in [5, 5.41) is 0. The SMILES string of the molecule is CC(=O)N1CCC(OCCCl)CC1. The van der Waals surface area contributed by atoms with Gasteiger partial charge < -0.3 is 9.64 Å². The van der Waals surface area contributed by atoms with Crippen LogP contribution in [0.5, 0.6) is 0 Å². The Kier molecular flexibility index (Phi) is 4.53. The molecule has 76 valence electrons. The maximum absolute atomic E-state index is 11.0. The first-order valence-electron chi connectivity index (χ1n) is 4.67. The Bertz CT molecular complexity index is 167. The molecule has 1 fully saturated rings. The minimum atomic E-state index is 0.163. The minimum Gasteiger partial charge on any atom is -0.377 e. The number of hydrogen-bond acceptors (Lipinski definition) is 2. The van der Waals surface area contributed by atoms with Crippen LogP contribution in [0, 0.1) is 0 Å². The lowest BCUT2D eigenvalue weighted by Gasteiger charge is -2.31. The van der Waals surface area contributed by atoms with E-state index in [-0.39, 0.29) is 5.91 Å². The van der Waals surface area contributed by atoms with Gasteiger partial charge in [-0.15, -0.1) is 11.6 Å². The van der Waals surface area contributed by atoms with Crippen molar-refractivity contribution in [3.8, 4) is 0 Å². The highest BCUT2D eigenvalue weighted by atomic mass is 35.5. The number of likely N-dealkylation sites (tertiary alicyclic amines) is 1. The number of amides is 1. The van der Waals surface area contributed by atoms with Gasteiger partial charge >= 0.3 is 0 Å². The molecule has 0 aromatic heterocycles. The molecule has 3 nitrogen and oxygen atoms in total. The number of halogens is 1. The third kappa shape index (κ3) is 3.53. The summed E-state index contributed by atoms with van der Waals surface area (Å²) in [4.78, 5) is 12.8. The Labute approximate surface area is 84.0 Å². The number of ether oxygens (including phenoxy) is 1. The zero-order valence-corrected chi connectivity index (χ0v) is 8.72. The van der Waals surface area contributed by atoms with Crippen LogP contribution in [0.15, 0.2) is 0 Å². The number of hydrogen-bond donors (Lipinski definition) is 0. The maximum atomic E-state index is 11.0. The van der Waals surface area contributed by atoms with Gasteiger partial charge in [0.05, 0.1) is 12.7 Å². The van der Waals surface area contributed by atoms with Gasteiger partial charge in [-0.05, 0) is 12.8 Å². The molecule has 0 N–H and O–H groups in total. The highest BCUT2D eigenvalue weighted by Gasteiger charge is 2.20. The molecule has 1 rings (SSSR count). The quantitative estimate of drug-likeness (QED) is 0.650. The van der Waals surface area contributed by atoms with Crippen molar-refractivity contribution in [2.45, 2.75) is 25.9 Å². The Balaban J connectivity index is 2.18. The van der Waals surface area contributed by atoms with E-state index in [1.165, 1.54) is 0 Å². The summed E-state index contributed by atoms with van der Waals surface area (Å²) >= 11 is 5.51. The van der Waals surface area contributed by atoms with Gasteiger partial charge in [0.15, 0.2) is 0 Å². The summed E-state index contributed by atoms with van der Waals surface area (Å²) in [5.74, 6) is 0.711. The summed E-state index contributed by atoms with van der Waals surface area (Å²) in [7, 11) is 0. The second-order valence-corrected chi connectivity index (χ2v) is 3.64. The van der Waals surface area contributed by atoms with Gasteiger partial charge in [0, 0.05) is 25.9 Å². The molecule has 4 heteroatoms. The van der Waals surface area contributed by atoms with Crippen molar-refractivity contribution in [2.75, 3.05) is 25.6 Å². The van der Waals surface area contributed by atoms with E-state index in [9.17, 15) is 4.79 Å². The van der Waals surface area contributed by atoms with Crippen molar-refractivity contribution in [3.63, 3.8) is 0 Å². The van der Waals surface area contributed by atoms with Crippen molar-refractivity contribution >= 4 is 17.5 Å². The number of piperidine rings is 1. The number of carbonyl (C=O) groups excluding carboxylic acids is 1. The lowest BCUT2D eigenvalue weighted by molar-refractivity contribution is -0.131. The van der Waals surface area contributed by atoms with Crippen LogP contribution in [0.4, 0.5) is 0 Å². The molecule has 0 saturated carbocycles. The van der Waals surface area contributed by atoms with Gasteiger partial charge in [0.1, 0.15) is 0 Å². The van der Waals surface area contributed by atoms with Gasteiger partial charge in [-0.1, -0.05) is 0 Å². The molecule has 1 aliphatic rings. The minimum absolute atomic E-state index is 0.163. The van der Waals surface area contributed by atoms with E-state index in [0.29, 0.717) is 18.6 Å². The summed E-state index contributed by atoms with van der Waals surface area (Å²) in [6.45, 7) is 3.87. The second-order valence-electron chi connectivity index (χ2n) is 3.27. The predicted octanol–water partition coefficient (Wildman–Crippen LogP) is 1.25. The molecule has 0 aliphatic carbocycles. The van der Waals surface area contributed by atoms with E-state index < -0.39 is 0 Å². The Hall–Kier alpha value is -0.280. The van der Waals surface area contributed by atoms with Crippen LogP contribution in [-0.2, 0) is 9.53 Å². The third-order valence-corrected chi connectivity index (χ3v) is 2.47. The monoisotopic (exact) mass is 205 g/mol. The van der Waals surface area contributed by atoms with Crippen LogP contribution >= 0.6 is 11.6 Å². The Morgan fingerprint density at radius 3 is 2.62 bits per heavy atom. The van der Waals surface area contributed by atoms with E-state index in [2.05, 4.69) is 0 Å². The van der Waals surface area contributed by atoms with Crippen LogP contribution in [0.1, 0.15) is 19.8 Å². The highest BCUT2D eigenvalue weighted by Crippen LogP contribution is 2.13. The van der Waals surface area contributed by atoms with Gasteiger partial charge in [0.25, 0.3) is 0 Å². The highest BCUT2D eigenvalue weighted by molar-refractivity contribution is 6.17. The molecular formula is C9H16ClNO2. The average molecular weight is 206 g/mol. The lowest BCUT2D eigenvalue weighted by atomic mass is 10.1. The fourth-order valence-electron chi connectivity index (χ4n) is 1.55. The van der Waals surface area contributed by atoms with Crippen molar-refractivity contribution in [1.82, 2.24) is 4.90 Å². The molecule has 1 amide bonds. The van der Waals surface area contributed by atoms with E-state index in [0.717, 1.165) is 25.9 Å². The van der Waals surface area contributed by atoms with Gasteiger partial charge in [-0.2, -0.15) is 0 Å². The molecular weight excluding hydrogens is 190 g/mol.